The lowest BCUT2D eigenvalue weighted by atomic mass is 10.2. The molecule has 22 heavy (non-hydrogen) atoms. The summed E-state index contributed by atoms with van der Waals surface area (Å²) in [6.07, 6.45) is 2.83. The van der Waals surface area contributed by atoms with Gasteiger partial charge in [-0.1, -0.05) is 0 Å². The van der Waals surface area contributed by atoms with Crippen molar-refractivity contribution >= 4 is 28.4 Å². The van der Waals surface area contributed by atoms with E-state index in [9.17, 15) is 9.59 Å². The molecular weight excluding hydrogens is 306 g/mol. The molecule has 1 fully saturated rings. The Morgan fingerprint density at radius 3 is 2.23 bits per heavy atom. The average Bonchev–Trinajstić information content (AvgIpc) is 3.06. The highest BCUT2D eigenvalue weighted by Crippen LogP contribution is 2.29. The van der Waals surface area contributed by atoms with Crippen LogP contribution in [0.3, 0.4) is 0 Å². The van der Waals surface area contributed by atoms with Gasteiger partial charge in [-0.05, 0) is 26.7 Å². The van der Waals surface area contributed by atoms with Crippen LogP contribution in [0.4, 0.5) is 5.13 Å². The van der Waals surface area contributed by atoms with Crippen LogP contribution in [0.15, 0.2) is 6.20 Å². The normalized spacial score (nSPS) is 21.7. The van der Waals surface area contributed by atoms with Gasteiger partial charge >= 0.3 is 11.9 Å². The number of carbonyl (C=O) groups is 2. The summed E-state index contributed by atoms with van der Waals surface area (Å²) in [6, 6.07) is -0.865. The molecule has 2 heterocycles. The summed E-state index contributed by atoms with van der Waals surface area (Å²) in [4.78, 5) is 31.0. The third-order valence-electron chi connectivity index (χ3n) is 3.54. The van der Waals surface area contributed by atoms with Gasteiger partial charge in [-0.2, -0.15) is 0 Å². The third kappa shape index (κ3) is 3.75. The van der Waals surface area contributed by atoms with Gasteiger partial charge in [0.1, 0.15) is 12.1 Å². The molecule has 8 heteroatoms. The van der Waals surface area contributed by atoms with Crippen LogP contribution in [-0.2, 0) is 25.6 Å². The number of anilines is 1. The van der Waals surface area contributed by atoms with Crippen LogP contribution in [0.2, 0.25) is 0 Å². The van der Waals surface area contributed by atoms with Crippen molar-refractivity contribution in [2.24, 2.45) is 0 Å². The van der Waals surface area contributed by atoms with Crippen LogP contribution >= 0.6 is 11.3 Å². The number of aromatic nitrogens is 1. The number of rotatable bonds is 6. The molecule has 0 radical (unpaired) electrons. The number of carbonyl (C=O) groups excluding carboxylic acids is 2. The van der Waals surface area contributed by atoms with Crippen molar-refractivity contribution in [3.8, 4) is 0 Å². The van der Waals surface area contributed by atoms with Crippen LogP contribution in [0.25, 0.3) is 0 Å². The fraction of sp³-hybridized carbons (Fsp3) is 0.643. The van der Waals surface area contributed by atoms with E-state index >= 15 is 0 Å². The van der Waals surface area contributed by atoms with Gasteiger partial charge in [0.05, 0.1) is 13.2 Å². The summed E-state index contributed by atoms with van der Waals surface area (Å²) in [7, 11) is 0. The molecule has 2 N–H and O–H groups in total. The largest absolute Gasteiger partial charge is 0.465 e. The molecule has 1 aliphatic rings. The zero-order valence-corrected chi connectivity index (χ0v) is 13.6. The van der Waals surface area contributed by atoms with Crippen LogP contribution in [0.5, 0.6) is 0 Å². The second-order valence-electron chi connectivity index (χ2n) is 4.95. The van der Waals surface area contributed by atoms with Crippen molar-refractivity contribution in [2.75, 3.05) is 18.9 Å². The molecule has 7 nitrogen and oxygen atoms in total. The van der Waals surface area contributed by atoms with Crippen molar-refractivity contribution in [3.63, 3.8) is 0 Å². The molecule has 122 valence electrons. The number of likely N-dealkylation sites (tertiary alicyclic amines) is 1. The minimum Gasteiger partial charge on any atom is -0.465 e. The molecule has 0 aliphatic carbocycles. The standard InChI is InChI=1S/C14H21N3O4S/c1-3-20-12(18)10-5-6-11(13(19)21-4-2)17(10)8-9-7-16-14(15)22-9/h7,10-11H,3-6,8H2,1-2H3,(H2,15,16)/t10-,11-/m1/s1. The van der Waals surface area contributed by atoms with E-state index in [1.54, 1.807) is 20.0 Å². The molecule has 2 rings (SSSR count). The van der Waals surface area contributed by atoms with Crippen LogP contribution in [0, 0.1) is 0 Å². The van der Waals surface area contributed by atoms with Gasteiger partial charge < -0.3 is 15.2 Å². The number of hydrogen-bond acceptors (Lipinski definition) is 8. The maximum absolute atomic E-state index is 12.1. The van der Waals surface area contributed by atoms with E-state index in [0.29, 0.717) is 37.7 Å². The first kappa shape index (κ1) is 16.7. The molecule has 0 unspecified atom stereocenters. The van der Waals surface area contributed by atoms with Crippen molar-refractivity contribution in [2.45, 2.75) is 45.3 Å². The van der Waals surface area contributed by atoms with Crippen LogP contribution in [-0.4, -0.2) is 47.1 Å². The Labute approximate surface area is 133 Å². The van der Waals surface area contributed by atoms with Crippen molar-refractivity contribution in [1.29, 1.82) is 0 Å². The Bertz CT molecular complexity index is 508. The lowest BCUT2D eigenvalue weighted by molar-refractivity contribution is -0.153. The fourth-order valence-electron chi connectivity index (χ4n) is 2.64. The minimum absolute atomic E-state index is 0.299. The number of thiazole rings is 1. The summed E-state index contributed by atoms with van der Waals surface area (Å²) in [5, 5.41) is 0.467. The minimum atomic E-state index is -0.433. The van der Waals surface area contributed by atoms with Gasteiger partial charge in [0.2, 0.25) is 0 Å². The monoisotopic (exact) mass is 327 g/mol. The molecule has 0 spiro atoms. The Kier molecular flexibility index (Phi) is 5.73. The zero-order chi connectivity index (χ0) is 16.1. The Morgan fingerprint density at radius 1 is 1.27 bits per heavy atom. The molecule has 0 bridgehead atoms. The molecular formula is C14H21N3O4S. The summed E-state index contributed by atoms with van der Waals surface area (Å²) < 4.78 is 10.2. The van der Waals surface area contributed by atoms with Gasteiger partial charge in [-0.3, -0.25) is 14.5 Å². The number of nitrogen functional groups attached to an aromatic ring is 1. The lowest BCUT2D eigenvalue weighted by Gasteiger charge is -2.26. The molecule has 1 aromatic rings. The summed E-state index contributed by atoms with van der Waals surface area (Å²) >= 11 is 1.35. The molecule has 1 aromatic heterocycles. The van der Waals surface area contributed by atoms with E-state index in [0.717, 1.165) is 4.88 Å². The van der Waals surface area contributed by atoms with E-state index < -0.39 is 12.1 Å². The predicted octanol–water partition coefficient (Wildman–Crippen LogP) is 1.18. The zero-order valence-electron chi connectivity index (χ0n) is 12.8. The number of nitrogens with two attached hydrogens (primary N) is 1. The highest BCUT2D eigenvalue weighted by molar-refractivity contribution is 7.15. The predicted molar refractivity (Wildman–Crippen MR) is 82.1 cm³/mol. The first-order chi connectivity index (χ1) is 10.6. The van der Waals surface area contributed by atoms with Crippen LogP contribution in [0.1, 0.15) is 31.6 Å². The second-order valence-corrected chi connectivity index (χ2v) is 6.10. The SMILES string of the molecule is CCOC(=O)[C@H]1CC[C@H](C(=O)OCC)N1Cc1cnc(N)s1. The molecule has 2 atom stereocenters. The highest BCUT2D eigenvalue weighted by atomic mass is 32.1. The highest BCUT2D eigenvalue weighted by Gasteiger charge is 2.43. The first-order valence-electron chi connectivity index (χ1n) is 7.36. The van der Waals surface area contributed by atoms with Gasteiger partial charge in [-0.15, -0.1) is 11.3 Å². The smallest absolute Gasteiger partial charge is 0.323 e. The van der Waals surface area contributed by atoms with E-state index in [1.807, 2.05) is 4.90 Å². The number of esters is 2. The molecule has 0 saturated carbocycles. The molecule has 0 amide bonds. The van der Waals surface area contributed by atoms with E-state index in [-0.39, 0.29) is 11.9 Å². The Balaban J connectivity index is 2.16. The quantitative estimate of drug-likeness (QED) is 0.784. The topological polar surface area (TPSA) is 94.8 Å². The number of nitrogens with zero attached hydrogens (tertiary/aromatic N) is 2. The van der Waals surface area contributed by atoms with Gasteiger partial charge in [0.15, 0.2) is 5.13 Å². The Hall–Kier alpha value is -1.67. The number of ether oxygens (including phenoxy) is 2. The van der Waals surface area contributed by atoms with Gasteiger partial charge in [-0.25, -0.2) is 4.98 Å². The van der Waals surface area contributed by atoms with Gasteiger partial charge in [0.25, 0.3) is 0 Å². The van der Waals surface area contributed by atoms with Gasteiger partial charge in [0, 0.05) is 17.6 Å². The van der Waals surface area contributed by atoms with Crippen molar-refractivity contribution in [3.05, 3.63) is 11.1 Å². The maximum atomic E-state index is 12.1. The molecule has 1 aliphatic heterocycles. The molecule has 1 saturated heterocycles. The summed E-state index contributed by atoms with van der Waals surface area (Å²) in [6.45, 7) is 4.61. The maximum Gasteiger partial charge on any atom is 0.323 e. The lowest BCUT2D eigenvalue weighted by Crippen LogP contribution is -2.44. The van der Waals surface area contributed by atoms with E-state index in [4.69, 9.17) is 15.2 Å². The van der Waals surface area contributed by atoms with E-state index in [2.05, 4.69) is 4.98 Å². The second kappa shape index (κ2) is 7.55. The fourth-order valence-corrected chi connectivity index (χ4v) is 3.34. The Morgan fingerprint density at radius 2 is 1.82 bits per heavy atom. The summed E-state index contributed by atoms with van der Waals surface area (Å²) in [5.74, 6) is -0.599. The van der Waals surface area contributed by atoms with Crippen molar-refractivity contribution < 1.29 is 19.1 Å². The number of hydrogen-bond donors (Lipinski definition) is 1. The van der Waals surface area contributed by atoms with Crippen molar-refractivity contribution in [1.82, 2.24) is 9.88 Å². The first-order valence-corrected chi connectivity index (χ1v) is 8.17. The third-order valence-corrected chi connectivity index (χ3v) is 4.35. The van der Waals surface area contributed by atoms with Crippen LogP contribution < -0.4 is 5.73 Å². The van der Waals surface area contributed by atoms with E-state index in [1.165, 1.54) is 11.3 Å². The average molecular weight is 327 g/mol. The summed E-state index contributed by atoms with van der Waals surface area (Å²) in [5.41, 5.74) is 5.64. The molecule has 0 aromatic carbocycles.